The SMILES string of the molecule is Cc1cnc(NC2CCCCC2CCl)nc1. The van der Waals surface area contributed by atoms with Gasteiger partial charge in [0.25, 0.3) is 0 Å². The van der Waals surface area contributed by atoms with Gasteiger partial charge in [0.05, 0.1) is 0 Å². The third-order valence-electron chi connectivity index (χ3n) is 3.20. The Balaban J connectivity index is 1.99. The summed E-state index contributed by atoms with van der Waals surface area (Å²) in [4.78, 5) is 8.55. The molecule has 0 saturated heterocycles. The van der Waals surface area contributed by atoms with E-state index in [0.717, 1.165) is 17.4 Å². The zero-order valence-electron chi connectivity index (χ0n) is 9.62. The van der Waals surface area contributed by atoms with Gasteiger partial charge in [0.1, 0.15) is 0 Å². The molecular formula is C12H18ClN3. The number of halogens is 1. The van der Waals surface area contributed by atoms with E-state index in [-0.39, 0.29) is 0 Å². The van der Waals surface area contributed by atoms with Crippen molar-refractivity contribution in [3.8, 4) is 0 Å². The first-order valence-corrected chi connectivity index (χ1v) is 6.44. The average molecular weight is 240 g/mol. The fourth-order valence-corrected chi connectivity index (χ4v) is 2.58. The molecule has 0 aromatic carbocycles. The molecule has 0 bridgehead atoms. The second kappa shape index (κ2) is 5.48. The van der Waals surface area contributed by atoms with Gasteiger partial charge in [-0.2, -0.15) is 0 Å². The summed E-state index contributed by atoms with van der Waals surface area (Å²) in [5.74, 6) is 2.01. The molecular weight excluding hydrogens is 222 g/mol. The summed E-state index contributed by atoms with van der Waals surface area (Å²) in [6.45, 7) is 1.99. The van der Waals surface area contributed by atoms with E-state index in [1.54, 1.807) is 0 Å². The van der Waals surface area contributed by atoms with Gasteiger partial charge in [-0.3, -0.25) is 0 Å². The van der Waals surface area contributed by atoms with Gasteiger partial charge in [-0.25, -0.2) is 9.97 Å². The van der Waals surface area contributed by atoms with Gasteiger partial charge >= 0.3 is 0 Å². The number of rotatable bonds is 3. The number of anilines is 1. The van der Waals surface area contributed by atoms with Crippen LogP contribution in [0.5, 0.6) is 0 Å². The summed E-state index contributed by atoms with van der Waals surface area (Å²) in [5.41, 5.74) is 1.09. The Morgan fingerprint density at radius 2 is 2.00 bits per heavy atom. The van der Waals surface area contributed by atoms with Gasteiger partial charge in [0, 0.05) is 24.3 Å². The van der Waals surface area contributed by atoms with E-state index in [4.69, 9.17) is 11.6 Å². The van der Waals surface area contributed by atoms with Crippen LogP contribution in [0.4, 0.5) is 5.95 Å². The van der Waals surface area contributed by atoms with Gasteiger partial charge in [-0.05, 0) is 31.2 Å². The first-order chi connectivity index (χ1) is 7.79. The molecule has 0 spiro atoms. The quantitative estimate of drug-likeness (QED) is 0.824. The van der Waals surface area contributed by atoms with Crippen molar-refractivity contribution in [3.05, 3.63) is 18.0 Å². The number of alkyl halides is 1. The van der Waals surface area contributed by atoms with Crippen LogP contribution in [-0.4, -0.2) is 21.9 Å². The molecule has 1 fully saturated rings. The van der Waals surface area contributed by atoms with Crippen LogP contribution in [0, 0.1) is 12.8 Å². The van der Waals surface area contributed by atoms with Crippen molar-refractivity contribution in [2.24, 2.45) is 5.92 Å². The van der Waals surface area contributed by atoms with Crippen LogP contribution in [0.3, 0.4) is 0 Å². The van der Waals surface area contributed by atoms with E-state index in [1.807, 2.05) is 19.3 Å². The van der Waals surface area contributed by atoms with Crippen molar-refractivity contribution in [1.29, 1.82) is 0 Å². The molecule has 0 amide bonds. The maximum Gasteiger partial charge on any atom is 0.222 e. The molecule has 1 saturated carbocycles. The van der Waals surface area contributed by atoms with Crippen LogP contribution >= 0.6 is 11.6 Å². The van der Waals surface area contributed by atoms with Crippen LogP contribution in [0.15, 0.2) is 12.4 Å². The number of hydrogen-bond donors (Lipinski definition) is 1. The van der Waals surface area contributed by atoms with Crippen LogP contribution in [0.2, 0.25) is 0 Å². The lowest BCUT2D eigenvalue weighted by atomic mass is 9.86. The van der Waals surface area contributed by atoms with E-state index < -0.39 is 0 Å². The van der Waals surface area contributed by atoms with Gasteiger partial charge < -0.3 is 5.32 Å². The molecule has 1 aliphatic rings. The number of nitrogens with one attached hydrogen (secondary N) is 1. The van der Waals surface area contributed by atoms with E-state index in [1.165, 1.54) is 25.7 Å². The largest absolute Gasteiger partial charge is 0.351 e. The molecule has 88 valence electrons. The molecule has 3 nitrogen and oxygen atoms in total. The third-order valence-corrected chi connectivity index (χ3v) is 3.60. The Kier molecular flexibility index (Phi) is 3.99. The summed E-state index contributed by atoms with van der Waals surface area (Å²) in [5, 5.41) is 3.40. The fourth-order valence-electron chi connectivity index (χ4n) is 2.22. The highest BCUT2D eigenvalue weighted by Crippen LogP contribution is 2.27. The highest BCUT2D eigenvalue weighted by atomic mass is 35.5. The van der Waals surface area contributed by atoms with Crippen molar-refractivity contribution in [3.63, 3.8) is 0 Å². The normalized spacial score (nSPS) is 25.4. The Bertz CT molecular complexity index is 326. The second-order valence-electron chi connectivity index (χ2n) is 4.53. The molecule has 4 heteroatoms. The van der Waals surface area contributed by atoms with Crippen molar-refractivity contribution in [2.45, 2.75) is 38.6 Å². The topological polar surface area (TPSA) is 37.8 Å². The molecule has 1 aromatic heterocycles. The maximum atomic E-state index is 5.99. The zero-order valence-corrected chi connectivity index (χ0v) is 10.4. The monoisotopic (exact) mass is 239 g/mol. The molecule has 1 N–H and O–H groups in total. The van der Waals surface area contributed by atoms with Crippen LogP contribution < -0.4 is 5.32 Å². The van der Waals surface area contributed by atoms with Gasteiger partial charge in [-0.1, -0.05) is 12.8 Å². The number of hydrogen-bond acceptors (Lipinski definition) is 3. The second-order valence-corrected chi connectivity index (χ2v) is 4.84. The van der Waals surface area contributed by atoms with E-state index in [0.29, 0.717) is 12.0 Å². The number of nitrogens with zero attached hydrogens (tertiary/aromatic N) is 2. The van der Waals surface area contributed by atoms with Crippen molar-refractivity contribution < 1.29 is 0 Å². The summed E-state index contributed by atoms with van der Waals surface area (Å²) in [6, 6.07) is 0.439. The predicted octanol–water partition coefficient (Wildman–Crippen LogP) is 2.99. The lowest BCUT2D eigenvalue weighted by molar-refractivity contribution is 0.352. The van der Waals surface area contributed by atoms with Crippen molar-refractivity contribution in [2.75, 3.05) is 11.2 Å². The predicted molar refractivity (Wildman–Crippen MR) is 66.9 cm³/mol. The van der Waals surface area contributed by atoms with Crippen LogP contribution in [-0.2, 0) is 0 Å². The minimum absolute atomic E-state index is 0.439. The highest BCUT2D eigenvalue weighted by Gasteiger charge is 2.24. The summed E-state index contributed by atoms with van der Waals surface area (Å²) in [7, 11) is 0. The molecule has 0 radical (unpaired) electrons. The molecule has 1 heterocycles. The molecule has 16 heavy (non-hydrogen) atoms. The van der Waals surface area contributed by atoms with Crippen molar-refractivity contribution in [1.82, 2.24) is 9.97 Å². The summed E-state index contributed by atoms with van der Waals surface area (Å²) in [6.07, 6.45) is 8.64. The average Bonchev–Trinajstić information content (AvgIpc) is 2.33. The lowest BCUT2D eigenvalue weighted by Gasteiger charge is -2.30. The molecule has 2 atom stereocenters. The van der Waals surface area contributed by atoms with Gasteiger partial charge in [0.15, 0.2) is 0 Å². The Labute approximate surface area is 102 Å². The molecule has 1 aliphatic carbocycles. The van der Waals surface area contributed by atoms with Crippen LogP contribution in [0.1, 0.15) is 31.2 Å². The Morgan fingerprint density at radius 3 is 2.69 bits per heavy atom. The van der Waals surface area contributed by atoms with E-state index >= 15 is 0 Å². The molecule has 1 aromatic rings. The van der Waals surface area contributed by atoms with Crippen molar-refractivity contribution >= 4 is 17.5 Å². The maximum absolute atomic E-state index is 5.99. The third kappa shape index (κ3) is 2.85. The first kappa shape index (κ1) is 11.6. The molecule has 2 rings (SSSR count). The van der Waals surface area contributed by atoms with Crippen LogP contribution in [0.25, 0.3) is 0 Å². The van der Waals surface area contributed by atoms with Gasteiger partial charge in [-0.15, -0.1) is 11.6 Å². The minimum Gasteiger partial charge on any atom is -0.351 e. The Hall–Kier alpha value is -0.830. The lowest BCUT2D eigenvalue weighted by Crippen LogP contribution is -2.33. The molecule has 2 unspecified atom stereocenters. The standard InChI is InChI=1S/C12H18ClN3/c1-9-7-14-12(15-8-9)16-11-5-3-2-4-10(11)6-13/h7-8,10-11H,2-6H2,1H3,(H,14,15,16). The smallest absolute Gasteiger partial charge is 0.222 e. The zero-order chi connectivity index (χ0) is 11.4. The minimum atomic E-state index is 0.439. The highest BCUT2D eigenvalue weighted by molar-refractivity contribution is 6.18. The number of aryl methyl sites for hydroxylation is 1. The first-order valence-electron chi connectivity index (χ1n) is 5.90. The fraction of sp³-hybridized carbons (Fsp3) is 0.667. The summed E-state index contributed by atoms with van der Waals surface area (Å²) >= 11 is 5.99. The molecule has 0 aliphatic heterocycles. The van der Waals surface area contributed by atoms with Gasteiger partial charge in [0.2, 0.25) is 5.95 Å². The number of aromatic nitrogens is 2. The summed E-state index contributed by atoms with van der Waals surface area (Å²) < 4.78 is 0. The van der Waals surface area contributed by atoms with E-state index in [2.05, 4.69) is 15.3 Å². The van der Waals surface area contributed by atoms with E-state index in [9.17, 15) is 0 Å². The Morgan fingerprint density at radius 1 is 1.31 bits per heavy atom.